The summed E-state index contributed by atoms with van der Waals surface area (Å²) in [4.78, 5) is 17.8. The fourth-order valence-corrected chi connectivity index (χ4v) is 4.25. The van der Waals surface area contributed by atoms with Gasteiger partial charge in [-0.2, -0.15) is 0 Å². The van der Waals surface area contributed by atoms with Crippen molar-refractivity contribution in [2.45, 2.75) is 45.9 Å². The van der Waals surface area contributed by atoms with E-state index in [0.29, 0.717) is 12.4 Å². The average molecular weight is 393 g/mol. The summed E-state index contributed by atoms with van der Waals surface area (Å²) >= 11 is 0. The molecule has 0 spiro atoms. The van der Waals surface area contributed by atoms with Crippen molar-refractivity contribution >= 4 is 22.6 Å². The number of nitrogens with zero attached hydrogens (tertiary/aromatic N) is 3. The second kappa shape index (κ2) is 7.28. The number of aliphatic hydroxyl groups is 1. The molecule has 1 amide bonds. The summed E-state index contributed by atoms with van der Waals surface area (Å²) in [6.45, 7) is 7.78. The van der Waals surface area contributed by atoms with E-state index in [4.69, 9.17) is 0 Å². The van der Waals surface area contributed by atoms with Crippen molar-refractivity contribution in [2.75, 3.05) is 18.9 Å². The zero-order valence-electron chi connectivity index (χ0n) is 17.5. The number of fused-ring (bicyclic) bond motifs is 3. The predicted octanol–water partition coefficient (Wildman–Crippen LogP) is 3.20. The normalized spacial score (nSPS) is 16.4. The number of aromatic nitrogens is 2. The van der Waals surface area contributed by atoms with Crippen molar-refractivity contribution in [2.24, 2.45) is 0 Å². The molecule has 152 valence electrons. The molecular formula is C23H28N4O2. The van der Waals surface area contributed by atoms with Gasteiger partial charge in [0.2, 0.25) is 5.91 Å². The minimum absolute atomic E-state index is 0.164. The third-order valence-corrected chi connectivity index (χ3v) is 5.76. The average Bonchev–Trinajstić information content (AvgIpc) is 2.93. The van der Waals surface area contributed by atoms with Gasteiger partial charge in [-0.25, -0.2) is 4.98 Å². The number of carbonyl (C=O) groups excluding carboxylic acids is 1. The summed E-state index contributed by atoms with van der Waals surface area (Å²) in [6.07, 6.45) is 2.61. The molecule has 2 N–H and O–H groups in total. The Labute approximate surface area is 171 Å². The van der Waals surface area contributed by atoms with Crippen LogP contribution in [0.5, 0.6) is 0 Å². The summed E-state index contributed by atoms with van der Waals surface area (Å²) in [5.41, 5.74) is 4.73. The summed E-state index contributed by atoms with van der Waals surface area (Å²) in [5, 5.41) is 15.3. The lowest BCUT2D eigenvalue weighted by molar-refractivity contribution is -0.114. The number of rotatable bonds is 4. The maximum atomic E-state index is 11.3. The van der Waals surface area contributed by atoms with Crippen LogP contribution in [0.1, 0.15) is 36.2 Å². The van der Waals surface area contributed by atoms with Crippen LogP contribution in [0.4, 0.5) is 5.82 Å². The fraction of sp³-hybridized carbons (Fsp3) is 0.391. The highest BCUT2D eigenvalue weighted by molar-refractivity contribution is 5.87. The molecule has 0 saturated carbocycles. The van der Waals surface area contributed by atoms with Crippen LogP contribution in [0, 0.1) is 6.92 Å². The third kappa shape index (κ3) is 3.78. The molecule has 1 unspecified atom stereocenters. The van der Waals surface area contributed by atoms with Gasteiger partial charge in [-0.1, -0.05) is 17.7 Å². The Morgan fingerprint density at radius 2 is 2.10 bits per heavy atom. The summed E-state index contributed by atoms with van der Waals surface area (Å²) < 4.78 is 2.28. The predicted molar refractivity (Wildman–Crippen MR) is 115 cm³/mol. The van der Waals surface area contributed by atoms with E-state index in [1.807, 2.05) is 13.0 Å². The van der Waals surface area contributed by atoms with Crippen LogP contribution in [0.2, 0.25) is 0 Å². The van der Waals surface area contributed by atoms with E-state index < -0.39 is 5.60 Å². The maximum absolute atomic E-state index is 11.3. The minimum atomic E-state index is -1.09. The SMILES string of the molecule is CC(=O)Nc1ccc(C(C)(O)Cn2c3c(c4cc(C)ccc42)CN(C)CC3)cn1. The second-order valence-corrected chi connectivity index (χ2v) is 8.41. The standard InChI is InChI=1S/C23H28N4O2/c1-15-5-7-20-18(11-15)19-13-26(4)10-9-21(19)27(20)14-23(3,29)17-6-8-22(24-12-17)25-16(2)28/h5-8,11-12,29H,9-10,13-14H2,1-4H3,(H,24,25,28). The van der Waals surface area contributed by atoms with Crippen LogP contribution in [-0.2, 0) is 29.9 Å². The third-order valence-electron chi connectivity index (χ3n) is 5.76. The van der Waals surface area contributed by atoms with Crippen LogP contribution >= 0.6 is 0 Å². The van der Waals surface area contributed by atoms with Crippen LogP contribution in [0.25, 0.3) is 10.9 Å². The number of aryl methyl sites for hydroxylation is 1. The zero-order chi connectivity index (χ0) is 20.8. The Kier molecular flexibility index (Phi) is 4.92. The van der Waals surface area contributed by atoms with Crippen molar-refractivity contribution < 1.29 is 9.90 Å². The van der Waals surface area contributed by atoms with E-state index in [0.717, 1.165) is 25.1 Å². The van der Waals surface area contributed by atoms with Crippen LogP contribution < -0.4 is 5.32 Å². The molecule has 0 fully saturated rings. The van der Waals surface area contributed by atoms with Gasteiger partial charge in [-0.05, 0) is 44.7 Å². The summed E-state index contributed by atoms with van der Waals surface area (Å²) in [6, 6.07) is 10.1. The molecule has 6 heteroatoms. The summed E-state index contributed by atoms with van der Waals surface area (Å²) in [5.74, 6) is 0.321. The van der Waals surface area contributed by atoms with Crippen molar-refractivity contribution in [3.8, 4) is 0 Å². The molecule has 1 aliphatic rings. The molecule has 6 nitrogen and oxygen atoms in total. The number of hydrogen-bond donors (Lipinski definition) is 2. The van der Waals surface area contributed by atoms with Gasteiger partial charge in [0.1, 0.15) is 11.4 Å². The van der Waals surface area contributed by atoms with Crippen molar-refractivity contribution in [1.82, 2.24) is 14.5 Å². The van der Waals surface area contributed by atoms with Gasteiger partial charge in [0.25, 0.3) is 0 Å². The topological polar surface area (TPSA) is 70.4 Å². The first-order valence-electron chi connectivity index (χ1n) is 10.0. The fourth-order valence-electron chi connectivity index (χ4n) is 4.25. The van der Waals surface area contributed by atoms with Crippen LogP contribution in [-0.4, -0.2) is 39.1 Å². The number of nitrogens with one attached hydrogen (secondary N) is 1. The number of benzene rings is 1. The lowest BCUT2D eigenvalue weighted by Crippen LogP contribution is -2.31. The number of anilines is 1. The van der Waals surface area contributed by atoms with E-state index in [2.05, 4.69) is 51.9 Å². The van der Waals surface area contributed by atoms with Crippen molar-refractivity contribution in [3.63, 3.8) is 0 Å². The Morgan fingerprint density at radius 1 is 1.31 bits per heavy atom. The molecule has 2 aromatic heterocycles. The monoisotopic (exact) mass is 392 g/mol. The van der Waals surface area contributed by atoms with Gasteiger partial charge in [0, 0.05) is 54.8 Å². The first kappa shape index (κ1) is 19.6. The Morgan fingerprint density at radius 3 is 2.79 bits per heavy atom. The minimum Gasteiger partial charge on any atom is -0.384 e. The van der Waals surface area contributed by atoms with Gasteiger partial charge < -0.3 is 19.9 Å². The van der Waals surface area contributed by atoms with E-state index in [9.17, 15) is 9.90 Å². The molecule has 4 rings (SSSR count). The highest BCUT2D eigenvalue weighted by atomic mass is 16.3. The van der Waals surface area contributed by atoms with Crippen LogP contribution in [0.15, 0.2) is 36.5 Å². The lowest BCUT2D eigenvalue weighted by Gasteiger charge is -2.28. The maximum Gasteiger partial charge on any atom is 0.222 e. The van der Waals surface area contributed by atoms with E-state index >= 15 is 0 Å². The Balaban J connectivity index is 1.72. The van der Waals surface area contributed by atoms with E-state index in [1.54, 1.807) is 12.3 Å². The Hall–Kier alpha value is -2.70. The van der Waals surface area contributed by atoms with Gasteiger partial charge in [-0.3, -0.25) is 4.79 Å². The van der Waals surface area contributed by atoms with Crippen molar-refractivity contribution in [1.29, 1.82) is 0 Å². The molecule has 0 saturated heterocycles. The molecule has 1 aliphatic heterocycles. The number of hydrogen-bond acceptors (Lipinski definition) is 4. The molecule has 3 aromatic rings. The molecule has 29 heavy (non-hydrogen) atoms. The molecule has 0 bridgehead atoms. The molecule has 1 atom stereocenters. The number of amides is 1. The first-order chi connectivity index (χ1) is 13.7. The molecule has 0 radical (unpaired) electrons. The number of likely N-dealkylation sites (N-methyl/N-ethyl adjacent to an activating group) is 1. The largest absolute Gasteiger partial charge is 0.384 e. The van der Waals surface area contributed by atoms with Gasteiger partial charge in [-0.15, -0.1) is 0 Å². The molecule has 3 heterocycles. The summed E-state index contributed by atoms with van der Waals surface area (Å²) in [7, 11) is 2.15. The van der Waals surface area contributed by atoms with E-state index in [-0.39, 0.29) is 5.91 Å². The van der Waals surface area contributed by atoms with Gasteiger partial charge >= 0.3 is 0 Å². The first-order valence-corrected chi connectivity index (χ1v) is 10.0. The van der Waals surface area contributed by atoms with Crippen LogP contribution in [0.3, 0.4) is 0 Å². The molecule has 0 aliphatic carbocycles. The lowest BCUT2D eigenvalue weighted by atomic mass is 9.97. The smallest absolute Gasteiger partial charge is 0.222 e. The van der Waals surface area contributed by atoms with E-state index in [1.165, 1.54) is 34.6 Å². The number of pyridine rings is 1. The molecule has 1 aromatic carbocycles. The van der Waals surface area contributed by atoms with Gasteiger partial charge in [0.15, 0.2) is 0 Å². The Bertz CT molecular complexity index is 1070. The highest BCUT2D eigenvalue weighted by Gasteiger charge is 2.29. The second-order valence-electron chi connectivity index (χ2n) is 8.41. The van der Waals surface area contributed by atoms with Gasteiger partial charge in [0.05, 0.1) is 6.54 Å². The molecular weight excluding hydrogens is 364 g/mol. The quantitative estimate of drug-likeness (QED) is 0.715. The van der Waals surface area contributed by atoms with Crippen molar-refractivity contribution in [3.05, 3.63) is 58.9 Å². The zero-order valence-corrected chi connectivity index (χ0v) is 17.5. The number of carbonyl (C=O) groups is 1. The highest BCUT2D eigenvalue weighted by Crippen LogP contribution is 2.34.